The van der Waals surface area contributed by atoms with Crippen LogP contribution in [0, 0.1) is 0 Å². The highest BCUT2D eigenvalue weighted by Gasteiger charge is 2.31. The fourth-order valence-corrected chi connectivity index (χ4v) is 3.99. The van der Waals surface area contributed by atoms with Gasteiger partial charge in [-0.05, 0) is 25.5 Å². The third-order valence-corrected chi connectivity index (χ3v) is 6.22. The summed E-state index contributed by atoms with van der Waals surface area (Å²) in [4.78, 5) is 75.3. The fraction of sp³-hybridized carbons (Fsp3) is 0.393. The van der Waals surface area contributed by atoms with E-state index in [0.717, 1.165) is 0 Å². The number of aromatic nitrogens is 2. The van der Waals surface area contributed by atoms with Crippen LogP contribution in [0.3, 0.4) is 0 Å². The molecule has 4 amide bonds. The summed E-state index contributed by atoms with van der Waals surface area (Å²) in [5.74, 6) is -2.32. The van der Waals surface area contributed by atoms with Gasteiger partial charge in [0.1, 0.15) is 11.7 Å². The van der Waals surface area contributed by atoms with E-state index in [9.17, 15) is 29.1 Å². The van der Waals surface area contributed by atoms with Gasteiger partial charge in [0.25, 0.3) is 5.91 Å². The molecule has 1 atom stereocenters. The Balaban J connectivity index is 1.84. The number of nitrogens with zero attached hydrogens (tertiary/aromatic N) is 5. The normalized spacial score (nSPS) is 13.9. The second-order valence-electron chi connectivity index (χ2n) is 9.40. The largest absolute Gasteiger partial charge is 0.481 e. The maximum atomic E-state index is 13.4. The van der Waals surface area contributed by atoms with Crippen molar-refractivity contribution in [3.05, 3.63) is 53.9 Å². The zero-order valence-electron chi connectivity index (χ0n) is 23.3. The molecular weight excluding hydrogens is 532 g/mol. The molecule has 1 aromatic carbocycles. The number of nitrogens with one attached hydrogen (secondary N) is 1. The van der Waals surface area contributed by atoms with Crippen molar-refractivity contribution in [2.45, 2.75) is 25.8 Å². The smallest absolute Gasteiger partial charge is 0.409 e. The lowest BCUT2D eigenvalue weighted by Crippen LogP contribution is -2.56. The lowest BCUT2D eigenvalue weighted by molar-refractivity contribution is -0.138. The molecule has 2 heterocycles. The molecule has 1 aromatic heterocycles. The molecule has 0 radical (unpaired) electrons. The second-order valence-corrected chi connectivity index (χ2v) is 9.40. The first-order valence-corrected chi connectivity index (χ1v) is 13.2. The number of benzene rings is 1. The predicted molar refractivity (Wildman–Crippen MR) is 148 cm³/mol. The van der Waals surface area contributed by atoms with Crippen LogP contribution in [-0.4, -0.2) is 112 Å². The van der Waals surface area contributed by atoms with E-state index in [0.29, 0.717) is 11.3 Å². The van der Waals surface area contributed by atoms with Crippen LogP contribution in [0.2, 0.25) is 0 Å². The molecule has 0 spiro atoms. The highest BCUT2D eigenvalue weighted by atomic mass is 16.6. The Kier molecular flexibility index (Phi) is 10.9. The Bertz CT molecular complexity index is 1290. The summed E-state index contributed by atoms with van der Waals surface area (Å²) in [5, 5.41) is 11.9. The van der Waals surface area contributed by atoms with Crippen molar-refractivity contribution in [2.75, 3.05) is 46.9 Å². The molecule has 0 unspecified atom stereocenters. The number of hydrogen-bond acceptors (Lipinski definition) is 8. The molecule has 2 aromatic rings. The number of ether oxygens (including phenoxy) is 1. The van der Waals surface area contributed by atoms with Crippen molar-refractivity contribution >= 4 is 35.9 Å². The van der Waals surface area contributed by atoms with Crippen LogP contribution in [0.15, 0.2) is 42.5 Å². The van der Waals surface area contributed by atoms with Gasteiger partial charge in [0, 0.05) is 58.3 Å². The topological polar surface area (TPSA) is 162 Å². The molecule has 0 aliphatic carbocycles. The van der Waals surface area contributed by atoms with Crippen molar-refractivity contribution < 1.29 is 33.8 Å². The minimum absolute atomic E-state index is 0.0592. The van der Waals surface area contributed by atoms with Crippen LogP contribution in [0.1, 0.15) is 35.9 Å². The van der Waals surface area contributed by atoms with Crippen molar-refractivity contribution in [1.82, 2.24) is 30.0 Å². The van der Waals surface area contributed by atoms with E-state index in [1.165, 1.54) is 32.9 Å². The Morgan fingerprint density at radius 1 is 1.05 bits per heavy atom. The highest BCUT2D eigenvalue weighted by molar-refractivity contribution is 5.97. The van der Waals surface area contributed by atoms with E-state index < -0.39 is 29.9 Å². The van der Waals surface area contributed by atoms with Crippen molar-refractivity contribution in [1.29, 1.82) is 0 Å². The molecule has 0 bridgehead atoms. The summed E-state index contributed by atoms with van der Waals surface area (Å²) in [6.07, 6.45) is 1.82. The average molecular weight is 567 g/mol. The number of carbonyl (C=O) groups excluding carboxylic acids is 4. The van der Waals surface area contributed by atoms with Gasteiger partial charge >= 0.3 is 12.1 Å². The standard InChI is InChI=1S/C28H34N6O7/c1-4-41-28(40)34-16-14-33(15-17-34)27(39)21(11-13-24(36)37)31-26(38)22-18-20(10-12-23(35)32(2)3)29-25(30-22)19-8-6-5-7-9-19/h5-10,12,18,21H,4,11,13-17H2,1-3H3,(H,31,38)(H,36,37)/t21-/m0/s1. The zero-order valence-corrected chi connectivity index (χ0v) is 23.3. The minimum Gasteiger partial charge on any atom is -0.481 e. The fourth-order valence-electron chi connectivity index (χ4n) is 3.99. The Labute approximate surface area is 237 Å². The number of carboxylic acid groups (broad SMARTS) is 1. The first-order chi connectivity index (χ1) is 19.6. The third-order valence-electron chi connectivity index (χ3n) is 6.22. The number of likely N-dealkylation sites (N-methyl/N-ethyl adjacent to an activating group) is 1. The number of aliphatic carboxylic acids is 1. The van der Waals surface area contributed by atoms with Crippen LogP contribution < -0.4 is 5.32 Å². The van der Waals surface area contributed by atoms with Crippen molar-refractivity contribution in [2.24, 2.45) is 0 Å². The molecule has 1 aliphatic rings. The summed E-state index contributed by atoms with van der Waals surface area (Å²) >= 11 is 0. The summed E-state index contributed by atoms with van der Waals surface area (Å²) in [6, 6.07) is 9.18. The van der Waals surface area contributed by atoms with E-state index in [-0.39, 0.29) is 63.1 Å². The Hall–Kier alpha value is -4.81. The Morgan fingerprint density at radius 2 is 1.71 bits per heavy atom. The lowest BCUT2D eigenvalue weighted by atomic mass is 10.1. The maximum absolute atomic E-state index is 13.4. The van der Waals surface area contributed by atoms with E-state index >= 15 is 0 Å². The number of amides is 4. The first kappa shape index (κ1) is 30.7. The summed E-state index contributed by atoms with van der Waals surface area (Å²) in [6.45, 7) is 2.85. The number of carbonyl (C=O) groups is 5. The molecule has 1 aliphatic heterocycles. The molecule has 2 N–H and O–H groups in total. The molecule has 13 nitrogen and oxygen atoms in total. The molecule has 13 heteroatoms. The van der Waals surface area contributed by atoms with Gasteiger partial charge in [-0.25, -0.2) is 14.8 Å². The number of carboxylic acids is 1. The minimum atomic E-state index is -1.14. The van der Waals surface area contributed by atoms with Gasteiger partial charge in [0.2, 0.25) is 11.8 Å². The van der Waals surface area contributed by atoms with E-state index in [1.54, 1.807) is 45.3 Å². The van der Waals surface area contributed by atoms with E-state index in [2.05, 4.69) is 15.3 Å². The van der Waals surface area contributed by atoms with Crippen LogP contribution in [-0.2, 0) is 19.1 Å². The number of piperazine rings is 1. The molecular formula is C28H34N6O7. The van der Waals surface area contributed by atoms with Gasteiger partial charge in [-0.15, -0.1) is 0 Å². The maximum Gasteiger partial charge on any atom is 0.409 e. The van der Waals surface area contributed by atoms with Gasteiger partial charge in [0.15, 0.2) is 5.82 Å². The summed E-state index contributed by atoms with van der Waals surface area (Å²) in [7, 11) is 3.21. The second kappa shape index (κ2) is 14.5. The van der Waals surface area contributed by atoms with Crippen LogP contribution in [0.5, 0.6) is 0 Å². The molecule has 0 saturated carbocycles. The van der Waals surface area contributed by atoms with E-state index in [4.69, 9.17) is 4.74 Å². The van der Waals surface area contributed by atoms with E-state index in [1.807, 2.05) is 6.07 Å². The number of hydrogen-bond donors (Lipinski definition) is 2. The zero-order chi connectivity index (χ0) is 29.9. The van der Waals surface area contributed by atoms with Crippen molar-refractivity contribution in [3.63, 3.8) is 0 Å². The quantitative estimate of drug-likeness (QED) is 0.406. The van der Waals surface area contributed by atoms with Crippen LogP contribution in [0.25, 0.3) is 17.5 Å². The summed E-state index contributed by atoms with van der Waals surface area (Å²) < 4.78 is 5.01. The molecule has 1 fully saturated rings. The third kappa shape index (κ3) is 8.85. The van der Waals surface area contributed by atoms with Gasteiger partial charge in [0.05, 0.1) is 12.3 Å². The van der Waals surface area contributed by atoms with Gasteiger partial charge in [-0.3, -0.25) is 19.2 Å². The predicted octanol–water partition coefficient (Wildman–Crippen LogP) is 1.51. The monoisotopic (exact) mass is 566 g/mol. The van der Waals surface area contributed by atoms with Crippen LogP contribution in [0.4, 0.5) is 4.79 Å². The number of rotatable bonds is 10. The highest BCUT2D eigenvalue weighted by Crippen LogP contribution is 2.17. The molecule has 41 heavy (non-hydrogen) atoms. The molecule has 218 valence electrons. The SMILES string of the molecule is CCOC(=O)N1CCN(C(=O)[C@H](CCC(=O)O)NC(=O)c2cc(C=CC(=O)N(C)C)nc(-c3ccccc3)n2)CC1. The summed E-state index contributed by atoms with van der Waals surface area (Å²) in [5.41, 5.74) is 0.868. The van der Waals surface area contributed by atoms with Crippen molar-refractivity contribution in [3.8, 4) is 11.4 Å². The lowest BCUT2D eigenvalue weighted by Gasteiger charge is -2.35. The molecule has 1 saturated heterocycles. The first-order valence-electron chi connectivity index (χ1n) is 13.2. The van der Waals surface area contributed by atoms with Gasteiger partial charge < -0.3 is 29.9 Å². The van der Waals surface area contributed by atoms with Gasteiger partial charge in [-0.1, -0.05) is 30.3 Å². The average Bonchev–Trinajstić information content (AvgIpc) is 2.97. The molecule has 3 rings (SSSR count). The Morgan fingerprint density at radius 3 is 2.32 bits per heavy atom. The van der Waals surface area contributed by atoms with Crippen LogP contribution >= 0.6 is 0 Å². The van der Waals surface area contributed by atoms with Gasteiger partial charge in [-0.2, -0.15) is 0 Å².